The molecule has 3 rings (SSSR count). The Morgan fingerprint density at radius 2 is 1.84 bits per heavy atom. The van der Waals surface area contributed by atoms with Crippen molar-refractivity contribution in [2.75, 3.05) is 17.2 Å². The standard InChI is InChI=1S/C19H17N3O3/c1-2-25-19(24)22-15-8-5-7-14(11-15)18(23)21-16-10-13-6-3-4-9-17(13)20-12-16/h3-12H,2H2,1H3,(H,21,23)(H,22,24). The minimum Gasteiger partial charge on any atom is -0.450 e. The molecule has 126 valence electrons. The molecule has 1 aromatic heterocycles. The van der Waals surface area contributed by atoms with Gasteiger partial charge < -0.3 is 10.1 Å². The van der Waals surface area contributed by atoms with Crippen molar-refractivity contribution in [3.8, 4) is 0 Å². The van der Waals surface area contributed by atoms with Gasteiger partial charge in [-0.2, -0.15) is 0 Å². The van der Waals surface area contributed by atoms with E-state index in [4.69, 9.17) is 4.74 Å². The maximum atomic E-state index is 12.4. The molecule has 0 saturated heterocycles. The SMILES string of the molecule is CCOC(=O)Nc1cccc(C(=O)Nc2cnc3ccccc3c2)c1. The first kappa shape index (κ1) is 16.4. The fourth-order valence-electron chi connectivity index (χ4n) is 2.37. The van der Waals surface area contributed by atoms with Crippen LogP contribution in [-0.2, 0) is 4.74 Å². The minimum absolute atomic E-state index is 0.279. The maximum Gasteiger partial charge on any atom is 0.411 e. The van der Waals surface area contributed by atoms with Crippen LogP contribution < -0.4 is 10.6 Å². The Morgan fingerprint density at radius 1 is 1.00 bits per heavy atom. The second-order valence-corrected chi connectivity index (χ2v) is 5.30. The molecular weight excluding hydrogens is 318 g/mol. The lowest BCUT2D eigenvalue weighted by Crippen LogP contribution is -2.15. The first-order valence-electron chi connectivity index (χ1n) is 7.85. The van der Waals surface area contributed by atoms with E-state index in [0.29, 0.717) is 16.9 Å². The third-order valence-corrected chi connectivity index (χ3v) is 3.49. The van der Waals surface area contributed by atoms with E-state index in [-0.39, 0.29) is 12.5 Å². The average Bonchev–Trinajstić information content (AvgIpc) is 2.62. The van der Waals surface area contributed by atoms with E-state index >= 15 is 0 Å². The van der Waals surface area contributed by atoms with Crippen molar-refractivity contribution in [1.29, 1.82) is 0 Å². The molecule has 6 heteroatoms. The lowest BCUT2D eigenvalue weighted by Gasteiger charge is -2.09. The summed E-state index contributed by atoms with van der Waals surface area (Å²) in [5, 5.41) is 6.33. The van der Waals surface area contributed by atoms with Crippen LogP contribution in [0.25, 0.3) is 10.9 Å². The van der Waals surface area contributed by atoms with E-state index in [1.54, 1.807) is 37.4 Å². The number of para-hydroxylation sites is 1. The van der Waals surface area contributed by atoms with Gasteiger partial charge in [-0.05, 0) is 37.3 Å². The Balaban J connectivity index is 1.74. The summed E-state index contributed by atoms with van der Waals surface area (Å²) in [6, 6.07) is 16.2. The highest BCUT2D eigenvalue weighted by Gasteiger charge is 2.09. The van der Waals surface area contributed by atoms with Gasteiger partial charge in [-0.3, -0.25) is 15.1 Å². The molecule has 25 heavy (non-hydrogen) atoms. The quantitative estimate of drug-likeness (QED) is 0.753. The van der Waals surface area contributed by atoms with Crippen LogP contribution in [0.2, 0.25) is 0 Å². The van der Waals surface area contributed by atoms with Crippen molar-refractivity contribution in [2.24, 2.45) is 0 Å². The number of anilines is 2. The summed E-state index contributed by atoms with van der Waals surface area (Å²) < 4.78 is 4.82. The van der Waals surface area contributed by atoms with Crippen molar-refractivity contribution >= 4 is 34.3 Å². The molecule has 0 aliphatic heterocycles. The first-order chi connectivity index (χ1) is 12.2. The van der Waals surface area contributed by atoms with E-state index in [9.17, 15) is 9.59 Å². The summed E-state index contributed by atoms with van der Waals surface area (Å²) in [6.45, 7) is 2.00. The Bertz CT molecular complexity index is 924. The van der Waals surface area contributed by atoms with Crippen LogP contribution in [0.4, 0.5) is 16.2 Å². The highest BCUT2D eigenvalue weighted by Crippen LogP contribution is 2.18. The zero-order chi connectivity index (χ0) is 17.6. The lowest BCUT2D eigenvalue weighted by molar-refractivity contribution is 0.102. The number of hydrogen-bond donors (Lipinski definition) is 2. The second kappa shape index (κ2) is 7.44. The molecule has 0 atom stereocenters. The molecule has 0 bridgehead atoms. The Kier molecular flexibility index (Phi) is 4.89. The van der Waals surface area contributed by atoms with E-state index in [0.717, 1.165) is 10.9 Å². The summed E-state index contributed by atoms with van der Waals surface area (Å²) in [4.78, 5) is 28.2. The van der Waals surface area contributed by atoms with Crippen molar-refractivity contribution in [3.63, 3.8) is 0 Å². The van der Waals surface area contributed by atoms with Crippen molar-refractivity contribution in [2.45, 2.75) is 6.92 Å². The number of nitrogens with one attached hydrogen (secondary N) is 2. The number of benzene rings is 2. The Labute approximate surface area is 144 Å². The number of nitrogens with zero attached hydrogens (tertiary/aromatic N) is 1. The maximum absolute atomic E-state index is 12.4. The summed E-state index contributed by atoms with van der Waals surface area (Å²) in [5.74, 6) is -0.287. The third kappa shape index (κ3) is 4.11. The third-order valence-electron chi connectivity index (χ3n) is 3.49. The van der Waals surface area contributed by atoms with Crippen molar-refractivity contribution < 1.29 is 14.3 Å². The van der Waals surface area contributed by atoms with Crippen LogP contribution in [0.3, 0.4) is 0 Å². The van der Waals surface area contributed by atoms with E-state index in [1.807, 2.05) is 30.3 Å². The van der Waals surface area contributed by atoms with Gasteiger partial charge in [-0.1, -0.05) is 24.3 Å². The fourth-order valence-corrected chi connectivity index (χ4v) is 2.37. The Morgan fingerprint density at radius 3 is 2.68 bits per heavy atom. The van der Waals surface area contributed by atoms with Crippen LogP contribution >= 0.6 is 0 Å². The largest absolute Gasteiger partial charge is 0.450 e. The highest BCUT2D eigenvalue weighted by atomic mass is 16.5. The number of carbonyl (C=O) groups is 2. The molecule has 0 aliphatic carbocycles. The van der Waals surface area contributed by atoms with Crippen LogP contribution in [0.5, 0.6) is 0 Å². The predicted octanol–water partition coefficient (Wildman–Crippen LogP) is 4.06. The molecule has 0 spiro atoms. The molecule has 0 fully saturated rings. The van der Waals surface area contributed by atoms with Gasteiger partial charge in [0.25, 0.3) is 5.91 Å². The van der Waals surface area contributed by atoms with Gasteiger partial charge in [0.1, 0.15) is 0 Å². The number of hydrogen-bond acceptors (Lipinski definition) is 4. The Hall–Kier alpha value is -3.41. The molecular formula is C19H17N3O3. The number of rotatable bonds is 4. The first-order valence-corrected chi connectivity index (χ1v) is 7.85. The summed E-state index contributed by atoms with van der Waals surface area (Å²) >= 11 is 0. The van der Waals surface area contributed by atoms with Gasteiger partial charge in [-0.25, -0.2) is 4.79 Å². The predicted molar refractivity (Wildman–Crippen MR) is 96.8 cm³/mol. The highest BCUT2D eigenvalue weighted by molar-refractivity contribution is 6.05. The molecule has 0 saturated carbocycles. The number of carbonyl (C=O) groups excluding carboxylic acids is 2. The zero-order valence-corrected chi connectivity index (χ0v) is 13.7. The topological polar surface area (TPSA) is 80.3 Å². The second-order valence-electron chi connectivity index (χ2n) is 5.30. The molecule has 1 heterocycles. The summed E-state index contributed by atoms with van der Waals surface area (Å²) in [5.41, 5.74) is 2.37. The molecule has 6 nitrogen and oxygen atoms in total. The number of fused-ring (bicyclic) bond motifs is 1. The van der Waals surface area contributed by atoms with E-state index < -0.39 is 6.09 Å². The average molecular weight is 335 g/mol. The molecule has 0 radical (unpaired) electrons. The molecule has 3 aromatic rings. The van der Waals surface area contributed by atoms with Crippen LogP contribution in [0.15, 0.2) is 60.8 Å². The summed E-state index contributed by atoms with van der Waals surface area (Å²) in [7, 11) is 0. The normalized spacial score (nSPS) is 10.3. The van der Waals surface area contributed by atoms with E-state index in [1.165, 1.54) is 0 Å². The van der Waals surface area contributed by atoms with Gasteiger partial charge in [0.15, 0.2) is 0 Å². The van der Waals surface area contributed by atoms with Crippen LogP contribution in [0, 0.1) is 0 Å². The zero-order valence-electron chi connectivity index (χ0n) is 13.7. The smallest absolute Gasteiger partial charge is 0.411 e. The minimum atomic E-state index is -0.557. The fraction of sp³-hybridized carbons (Fsp3) is 0.105. The lowest BCUT2D eigenvalue weighted by atomic mass is 10.1. The van der Waals surface area contributed by atoms with Crippen molar-refractivity contribution in [1.82, 2.24) is 4.98 Å². The molecule has 2 aromatic carbocycles. The number of amides is 2. The van der Waals surface area contributed by atoms with Crippen LogP contribution in [0.1, 0.15) is 17.3 Å². The van der Waals surface area contributed by atoms with Gasteiger partial charge >= 0.3 is 6.09 Å². The van der Waals surface area contributed by atoms with Crippen molar-refractivity contribution in [3.05, 3.63) is 66.4 Å². The summed E-state index contributed by atoms with van der Waals surface area (Å²) in [6.07, 6.45) is 1.06. The molecule has 0 unspecified atom stereocenters. The van der Waals surface area contributed by atoms with Gasteiger partial charge in [0, 0.05) is 16.6 Å². The van der Waals surface area contributed by atoms with Gasteiger partial charge in [0.05, 0.1) is 24.0 Å². The van der Waals surface area contributed by atoms with Gasteiger partial charge in [0.2, 0.25) is 0 Å². The molecule has 2 N–H and O–H groups in total. The monoisotopic (exact) mass is 335 g/mol. The number of ether oxygens (including phenoxy) is 1. The van der Waals surface area contributed by atoms with Crippen LogP contribution in [-0.4, -0.2) is 23.6 Å². The molecule has 0 aliphatic rings. The number of pyridine rings is 1. The molecule has 2 amide bonds. The van der Waals surface area contributed by atoms with E-state index in [2.05, 4.69) is 15.6 Å². The number of aromatic nitrogens is 1. The van der Waals surface area contributed by atoms with Gasteiger partial charge in [-0.15, -0.1) is 0 Å².